The highest BCUT2D eigenvalue weighted by atomic mass is 16.5. The number of H-pyrrole nitrogens is 1. The van der Waals surface area contributed by atoms with Crippen LogP contribution < -0.4 is 4.74 Å². The fourth-order valence-corrected chi connectivity index (χ4v) is 2.49. The average molecular weight is 301 g/mol. The Morgan fingerprint density at radius 2 is 2.05 bits per heavy atom. The normalized spacial score (nSPS) is 13.1. The zero-order chi connectivity index (χ0) is 16.2. The van der Waals surface area contributed by atoms with Crippen molar-refractivity contribution in [2.45, 2.75) is 58.8 Å². The Hall–Kier alpha value is -1.84. The second kappa shape index (κ2) is 6.95. The predicted octanol–water partition coefficient (Wildman–Crippen LogP) is 4.24. The van der Waals surface area contributed by atoms with Crippen LogP contribution >= 0.6 is 0 Å². The van der Waals surface area contributed by atoms with Gasteiger partial charge in [-0.05, 0) is 41.4 Å². The van der Waals surface area contributed by atoms with E-state index in [0.717, 1.165) is 30.9 Å². The maximum absolute atomic E-state index is 5.95. The first kappa shape index (κ1) is 16.5. The second-order valence-corrected chi connectivity index (χ2v) is 6.92. The molecule has 1 aromatic carbocycles. The molecule has 1 unspecified atom stereocenters. The number of nitrogens with zero attached hydrogens (tertiary/aromatic N) is 2. The van der Waals surface area contributed by atoms with Gasteiger partial charge in [-0.25, -0.2) is 0 Å². The van der Waals surface area contributed by atoms with Crippen LogP contribution in [0, 0.1) is 0 Å². The molecule has 1 N–H and O–H groups in total. The molecule has 0 aliphatic heterocycles. The highest BCUT2D eigenvalue weighted by Crippen LogP contribution is 2.33. The minimum Gasteiger partial charge on any atom is -0.493 e. The van der Waals surface area contributed by atoms with E-state index in [4.69, 9.17) is 4.74 Å². The van der Waals surface area contributed by atoms with Crippen LogP contribution in [0.2, 0.25) is 0 Å². The molecule has 0 spiro atoms. The van der Waals surface area contributed by atoms with E-state index in [1.807, 2.05) is 0 Å². The van der Waals surface area contributed by atoms with Gasteiger partial charge in [0.1, 0.15) is 5.75 Å². The van der Waals surface area contributed by atoms with Crippen molar-refractivity contribution in [3.05, 3.63) is 41.2 Å². The summed E-state index contributed by atoms with van der Waals surface area (Å²) in [5.74, 6) is 1.32. The molecule has 2 rings (SSSR count). The number of nitrogens with one attached hydrogen (secondary N) is 1. The Bertz CT molecular complexity index is 585. The largest absolute Gasteiger partial charge is 0.493 e. The molecule has 0 aliphatic rings. The molecule has 22 heavy (non-hydrogen) atoms. The van der Waals surface area contributed by atoms with Gasteiger partial charge in [-0.2, -0.15) is 15.4 Å². The first-order chi connectivity index (χ1) is 10.4. The summed E-state index contributed by atoms with van der Waals surface area (Å²) in [6, 6.07) is 6.58. The lowest BCUT2D eigenvalue weighted by atomic mass is 9.83. The van der Waals surface area contributed by atoms with Gasteiger partial charge >= 0.3 is 0 Å². The minimum absolute atomic E-state index is 0.131. The van der Waals surface area contributed by atoms with Gasteiger partial charge in [0.25, 0.3) is 0 Å². The van der Waals surface area contributed by atoms with Crippen LogP contribution in [0.1, 0.15) is 63.8 Å². The molecule has 1 aromatic heterocycles. The molecule has 4 nitrogen and oxygen atoms in total. The number of hydrogen-bond acceptors (Lipinski definition) is 3. The van der Waals surface area contributed by atoms with Crippen LogP contribution in [-0.2, 0) is 11.8 Å². The highest BCUT2D eigenvalue weighted by Gasteiger charge is 2.19. The van der Waals surface area contributed by atoms with Gasteiger partial charge in [-0.3, -0.25) is 0 Å². The summed E-state index contributed by atoms with van der Waals surface area (Å²) in [4.78, 5) is 0. The Balaban J connectivity index is 2.31. The summed E-state index contributed by atoms with van der Waals surface area (Å²) in [7, 11) is 0. The fraction of sp³-hybridized carbons (Fsp3) is 0.556. The third-order valence-corrected chi connectivity index (χ3v) is 3.85. The molecule has 0 amide bonds. The number of hydrogen-bond donors (Lipinski definition) is 1. The van der Waals surface area contributed by atoms with Gasteiger partial charge in [0.2, 0.25) is 0 Å². The number of ether oxygens (including phenoxy) is 1. The van der Waals surface area contributed by atoms with E-state index in [0.29, 0.717) is 5.92 Å². The van der Waals surface area contributed by atoms with Crippen LogP contribution in [0.5, 0.6) is 5.75 Å². The van der Waals surface area contributed by atoms with Gasteiger partial charge in [0, 0.05) is 0 Å². The molecule has 0 saturated carbocycles. The molecule has 0 bridgehead atoms. The van der Waals surface area contributed by atoms with E-state index in [2.05, 4.69) is 68.2 Å². The lowest BCUT2D eigenvalue weighted by molar-refractivity contribution is 0.312. The van der Waals surface area contributed by atoms with Crippen molar-refractivity contribution in [2.24, 2.45) is 0 Å². The van der Waals surface area contributed by atoms with Gasteiger partial charge in [0.05, 0.1) is 18.5 Å². The smallest absolute Gasteiger partial charge is 0.122 e. The van der Waals surface area contributed by atoms with E-state index in [1.165, 1.54) is 11.1 Å². The summed E-state index contributed by atoms with van der Waals surface area (Å²) < 4.78 is 5.95. The zero-order valence-corrected chi connectivity index (χ0v) is 14.3. The first-order valence-electron chi connectivity index (χ1n) is 8.03. The van der Waals surface area contributed by atoms with E-state index < -0.39 is 0 Å². The molecule has 0 saturated heterocycles. The Kier molecular flexibility index (Phi) is 5.22. The van der Waals surface area contributed by atoms with Crippen LogP contribution in [0.3, 0.4) is 0 Å². The van der Waals surface area contributed by atoms with Crippen LogP contribution in [0.15, 0.2) is 24.4 Å². The van der Waals surface area contributed by atoms with Crippen molar-refractivity contribution >= 4 is 0 Å². The molecular weight excluding hydrogens is 274 g/mol. The zero-order valence-electron chi connectivity index (χ0n) is 14.3. The molecule has 4 heteroatoms. The monoisotopic (exact) mass is 301 g/mol. The first-order valence-corrected chi connectivity index (χ1v) is 8.03. The molecule has 1 heterocycles. The van der Waals surface area contributed by atoms with E-state index in [9.17, 15) is 0 Å². The van der Waals surface area contributed by atoms with Crippen molar-refractivity contribution < 1.29 is 4.74 Å². The maximum Gasteiger partial charge on any atom is 0.122 e. The van der Waals surface area contributed by atoms with Crippen molar-refractivity contribution in [2.75, 3.05) is 6.61 Å². The maximum atomic E-state index is 5.95. The average Bonchev–Trinajstić information content (AvgIpc) is 2.96. The van der Waals surface area contributed by atoms with Crippen molar-refractivity contribution in [1.29, 1.82) is 0 Å². The SMILES string of the molecule is CCCOc1ccc(C(C)(C)C)cc1C(C)Cc1cn[nH]n1. The topological polar surface area (TPSA) is 50.8 Å². The Labute approximate surface area is 133 Å². The molecule has 0 aliphatic carbocycles. The van der Waals surface area contributed by atoms with Crippen LogP contribution in [-0.4, -0.2) is 22.0 Å². The quantitative estimate of drug-likeness (QED) is 0.868. The molecule has 120 valence electrons. The summed E-state index contributed by atoms with van der Waals surface area (Å²) >= 11 is 0. The summed E-state index contributed by atoms with van der Waals surface area (Å²) in [5, 5.41) is 10.7. The third-order valence-electron chi connectivity index (χ3n) is 3.85. The lowest BCUT2D eigenvalue weighted by Gasteiger charge is -2.23. The lowest BCUT2D eigenvalue weighted by Crippen LogP contribution is -2.13. The summed E-state index contributed by atoms with van der Waals surface area (Å²) in [6.07, 6.45) is 3.65. The van der Waals surface area contributed by atoms with Crippen molar-refractivity contribution in [3.63, 3.8) is 0 Å². The summed E-state index contributed by atoms with van der Waals surface area (Å²) in [6.45, 7) is 11.8. The highest BCUT2D eigenvalue weighted by molar-refractivity contribution is 5.42. The van der Waals surface area contributed by atoms with Crippen LogP contribution in [0.25, 0.3) is 0 Å². The van der Waals surface area contributed by atoms with Gasteiger partial charge in [0.15, 0.2) is 0 Å². The number of benzene rings is 1. The van der Waals surface area contributed by atoms with E-state index in [1.54, 1.807) is 6.20 Å². The molecule has 1 atom stereocenters. The molecule has 2 aromatic rings. The van der Waals surface area contributed by atoms with Crippen LogP contribution in [0.4, 0.5) is 0 Å². The minimum atomic E-state index is 0.131. The molecular formula is C18H27N3O. The summed E-state index contributed by atoms with van der Waals surface area (Å²) in [5.41, 5.74) is 3.70. The van der Waals surface area contributed by atoms with Gasteiger partial charge < -0.3 is 4.74 Å². The van der Waals surface area contributed by atoms with E-state index in [-0.39, 0.29) is 5.41 Å². The van der Waals surface area contributed by atoms with Gasteiger partial charge in [-0.15, -0.1) is 0 Å². The molecule has 0 fully saturated rings. The Morgan fingerprint density at radius 1 is 1.27 bits per heavy atom. The van der Waals surface area contributed by atoms with Crippen molar-refractivity contribution in [3.8, 4) is 5.75 Å². The number of rotatable bonds is 6. The Morgan fingerprint density at radius 3 is 2.64 bits per heavy atom. The standard InChI is InChI=1S/C18H27N3O/c1-6-9-22-17-8-7-14(18(3,4)5)11-16(17)13(2)10-15-12-19-21-20-15/h7-8,11-13H,6,9-10H2,1-5H3,(H,19,20,21). The number of aromatic amines is 1. The third kappa shape index (κ3) is 4.09. The molecule has 0 radical (unpaired) electrons. The fourth-order valence-electron chi connectivity index (χ4n) is 2.49. The van der Waals surface area contributed by atoms with Gasteiger partial charge in [-0.1, -0.05) is 46.8 Å². The second-order valence-electron chi connectivity index (χ2n) is 6.92. The predicted molar refractivity (Wildman–Crippen MR) is 89.4 cm³/mol. The van der Waals surface area contributed by atoms with E-state index >= 15 is 0 Å². The number of aromatic nitrogens is 3. The van der Waals surface area contributed by atoms with Crippen molar-refractivity contribution in [1.82, 2.24) is 15.4 Å².